The highest BCUT2D eigenvalue weighted by atomic mass is 79.9. The molecule has 1 rings (SSSR count). The number of rotatable bonds is 1. The van der Waals surface area contributed by atoms with Gasteiger partial charge < -0.3 is 5.73 Å². The number of hydrogen-bond acceptors (Lipinski definition) is 2. The molecule has 0 unspecified atom stereocenters. The predicted octanol–water partition coefficient (Wildman–Crippen LogP) is 2.00. The Morgan fingerprint density at radius 2 is 2.36 bits per heavy atom. The molecule has 0 aliphatic heterocycles. The Bertz CT molecular complexity index is 263. The van der Waals surface area contributed by atoms with E-state index >= 15 is 0 Å². The Kier molecular flexibility index (Phi) is 2.57. The smallest absolute Gasteiger partial charge is 0.142 e. The van der Waals surface area contributed by atoms with Crippen molar-refractivity contribution in [3.05, 3.63) is 28.2 Å². The second-order valence-electron chi connectivity index (χ2n) is 2.31. The Labute approximate surface area is 72.8 Å². The van der Waals surface area contributed by atoms with Gasteiger partial charge in [-0.1, -0.05) is 0 Å². The molecular weight excluding hydrogens is 211 g/mol. The molecule has 1 heterocycles. The Morgan fingerprint density at radius 3 is 2.82 bits per heavy atom. The highest BCUT2D eigenvalue weighted by molar-refractivity contribution is 9.10. The summed E-state index contributed by atoms with van der Waals surface area (Å²) >= 11 is 3.17. The van der Waals surface area contributed by atoms with Crippen LogP contribution in [0, 0.1) is 5.82 Å². The van der Waals surface area contributed by atoms with E-state index in [1.165, 1.54) is 6.07 Å². The first-order chi connectivity index (χ1) is 5.11. The van der Waals surface area contributed by atoms with Crippen LogP contribution in [0.1, 0.15) is 18.7 Å². The van der Waals surface area contributed by atoms with E-state index in [1.54, 1.807) is 6.92 Å². The summed E-state index contributed by atoms with van der Waals surface area (Å²) in [5, 5.41) is 0. The summed E-state index contributed by atoms with van der Waals surface area (Å²) in [6, 6.07) is 1.18. The van der Waals surface area contributed by atoms with Crippen LogP contribution in [0.5, 0.6) is 0 Å². The molecule has 0 bridgehead atoms. The lowest BCUT2D eigenvalue weighted by Gasteiger charge is -2.05. The second-order valence-corrected chi connectivity index (χ2v) is 3.16. The highest BCUT2D eigenvalue weighted by Crippen LogP contribution is 2.19. The molecule has 60 valence electrons. The van der Waals surface area contributed by atoms with Crippen molar-refractivity contribution in [2.24, 2.45) is 5.73 Å². The summed E-state index contributed by atoms with van der Waals surface area (Å²) in [5.41, 5.74) is 6.22. The maximum Gasteiger partial charge on any atom is 0.142 e. The van der Waals surface area contributed by atoms with Crippen molar-refractivity contribution in [1.29, 1.82) is 0 Å². The van der Waals surface area contributed by atoms with Crippen LogP contribution >= 0.6 is 15.9 Å². The van der Waals surface area contributed by atoms with Gasteiger partial charge >= 0.3 is 0 Å². The molecule has 0 aliphatic carbocycles. The third-order valence-electron chi connectivity index (χ3n) is 1.27. The standard InChI is InChI=1S/C7H8BrFN2/c1-4(10)7-6(8)2-5(9)3-11-7/h2-4H,10H2,1H3/t4-/m1/s1. The van der Waals surface area contributed by atoms with Gasteiger partial charge in [0.15, 0.2) is 0 Å². The lowest BCUT2D eigenvalue weighted by molar-refractivity contribution is 0.614. The topological polar surface area (TPSA) is 38.9 Å². The van der Waals surface area contributed by atoms with Gasteiger partial charge in [-0.3, -0.25) is 4.98 Å². The minimum Gasteiger partial charge on any atom is -0.323 e. The maximum atomic E-state index is 12.5. The van der Waals surface area contributed by atoms with E-state index < -0.39 is 0 Å². The van der Waals surface area contributed by atoms with Gasteiger partial charge in [0.2, 0.25) is 0 Å². The van der Waals surface area contributed by atoms with Gasteiger partial charge in [0.1, 0.15) is 5.82 Å². The number of nitrogens with two attached hydrogens (primary N) is 1. The van der Waals surface area contributed by atoms with Crippen LogP contribution in [0.15, 0.2) is 16.7 Å². The fraction of sp³-hybridized carbons (Fsp3) is 0.286. The van der Waals surface area contributed by atoms with Crippen LogP contribution in [0.25, 0.3) is 0 Å². The van der Waals surface area contributed by atoms with Gasteiger partial charge in [0.25, 0.3) is 0 Å². The number of aromatic nitrogens is 1. The molecule has 4 heteroatoms. The molecule has 11 heavy (non-hydrogen) atoms. The number of nitrogens with zero attached hydrogens (tertiary/aromatic N) is 1. The van der Waals surface area contributed by atoms with E-state index in [-0.39, 0.29) is 11.9 Å². The number of pyridine rings is 1. The SMILES string of the molecule is C[C@@H](N)c1ncc(F)cc1Br. The summed E-state index contributed by atoms with van der Waals surface area (Å²) < 4.78 is 13.1. The summed E-state index contributed by atoms with van der Waals surface area (Å²) in [5.74, 6) is -0.360. The Balaban J connectivity index is 3.09. The number of halogens is 2. The van der Waals surface area contributed by atoms with Crippen LogP contribution in [0.3, 0.4) is 0 Å². The van der Waals surface area contributed by atoms with E-state index in [9.17, 15) is 4.39 Å². The summed E-state index contributed by atoms with van der Waals surface area (Å²) in [6.07, 6.45) is 1.16. The molecule has 0 saturated heterocycles. The molecule has 0 saturated carbocycles. The highest BCUT2D eigenvalue weighted by Gasteiger charge is 2.06. The quantitative estimate of drug-likeness (QED) is 0.784. The van der Waals surface area contributed by atoms with Gasteiger partial charge in [0, 0.05) is 10.5 Å². The Morgan fingerprint density at radius 1 is 1.73 bits per heavy atom. The van der Waals surface area contributed by atoms with E-state index in [0.29, 0.717) is 10.2 Å². The maximum absolute atomic E-state index is 12.5. The van der Waals surface area contributed by atoms with E-state index in [4.69, 9.17) is 5.73 Å². The minimum atomic E-state index is -0.360. The van der Waals surface area contributed by atoms with Crippen LogP contribution in [-0.4, -0.2) is 4.98 Å². The van der Waals surface area contributed by atoms with Gasteiger partial charge in [-0.2, -0.15) is 0 Å². The zero-order valence-corrected chi connectivity index (χ0v) is 7.60. The third-order valence-corrected chi connectivity index (χ3v) is 1.90. The molecule has 1 aromatic rings. The van der Waals surface area contributed by atoms with E-state index in [2.05, 4.69) is 20.9 Å². The third kappa shape index (κ3) is 1.97. The monoisotopic (exact) mass is 218 g/mol. The van der Waals surface area contributed by atoms with Gasteiger partial charge in [-0.25, -0.2) is 4.39 Å². The lowest BCUT2D eigenvalue weighted by atomic mass is 10.2. The molecule has 0 aliphatic rings. The van der Waals surface area contributed by atoms with Crippen LogP contribution in [-0.2, 0) is 0 Å². The molecule has 2 nitrogen and oxygen atoms in total. The van der Waals surface area contributed by atoms with Crippen molar-refractivity contribution < 1.29 is 4.39 Å². The molecule has 2 N–H and O–H groups in total. The fourth-order valence-electron chi connectivity index (χ4n) is 0.760. The van der Waals surface area contributed by atoms with Gasteiger partial charge in [-0.05, 0) is 28.9 Å². The zero-order chi connectivity index (χ0) is 8.43. The van der Waals surface area contributed by atoms with E-state index in [1.807, 2.05) is 0 Å². The minimum absolute atomic E-state index is 0.176. The molecule has 1 atom stereocenters. The molecule has 0 spiro atoms. The van der Waals surface area contributed by atoms with Crippen molar-refractivity contribution in [2.75, 3.05) is 0 Å². The molecule has 1 aromatic heterocycles. The molecular formula is C7H8BrFN2. The number of hydrogen-bond donors (Lipinski definition) is 1. The van der Waals surface area contributed by atoms with Crippen LogP contribution in [0.4, 0.5) is 4.39 Å². The van der Waals surface area contributed by atoms with Crippen molar-refractivity contribution in [3.8, 4) is 0 Å². The lowest BCUT2D eigenvalue weighted by Crippen LogP contribution is -2.08. The average molecular weight is 219 g/mol. The summed E-state index contributed by atoms with van der Waals surface area (Å²) in [4.78, 5) is 3.83. The average Bonchev–Trinajstić information content (AvgIpc) is 1.85. The normalized spacial score (nSPS) is 13.1. The zero-order valence-electron chi connectivity index (χ0n) is 6.01. The molecule has 0 amide bonds. The molecule has 0 fully saturated rings. The van der Waals surface area contributed by atoms with Crippen molar-refractivity contribution >= 4 is 15.9 Å². The van der Waals surface area contributed by atoms with Gasteiger partial charge in [-0.15, -0.1) is 0 Å². The van der Waals surface area contributed by atoms with Crippen molar-refractivity contribution in [3.63, 3.8) is 0 Å². The first-order valence-electron chi connectivity index (χ1n) is 3.18. The second kappa shape index (κ2) is 3.28. The first-order valence-corrected chi connectivity index (χ1v) is 3.97. The molecule has 0 radical (unpaired) electrons. The van der Waals surface area contributed by atoms with Crippen molar-refractivity contribution in [2.45, 2.75) is 13.0 Å². The van der Waals surface area contributed by atoms with Gasteiger partial charge in [0.05, 0.1) is 11.9 Å². The summed E-state index contributed by atoms with van der Waals surface area (Å²) in [7, 11) is 0. The largest absolute Gasteiger partial charge is 0.323 e. The van der Waals surface area contributed by atoms with E-state index in [0.717, 1.165) is 6.20 Å². The Hall–Kier alpha value is -0.480. The van der Waals surface area contributed by atoms with Crippen LogP contribution < -0.4 is 5.73 Å². The summed E-state index contributed by atoms with van der Waals surface area (Å²) in [6.45, 7) is 1.80. The first kappa shape index (κ1) is 8.62. The van der Waals surface area contributed by atoms with Crippen LogP contribution in [0.2, 0.25) is 0 Å². The van der Waals surface area contributed by atoms with Crippen molar-refractivity contribution in [1.82, 2.24) is 4.98 Å². The predicted molar refractivity (Wildman–Crippen MR) is 44.5 cm³/mol. The fourth-order valence-corrected chi connectivity index (χ4v) is 1.44. The molecule has 0 aromatic carbocycles.